The quantitative estimate of drug-likeness (QED) is 0.898. The van der Waals surface area contributed by atoms with Crippen molar-refractivity contribution in [3.05, 3.63) is 45.6 Å². The molecular formula is C20H24N2O3. The van der Waals surface area contributed by atoms with Crippen LogP contribution in [0.15, 0.2) is 29.1 Å². The molecule has 1 saturated heterocycles. The molecule has 1 fully saturated rings. The summed E-state index contributed by atoms with van der Waals surface area (Å²) in [5.41, 5.74) is 4.06. The number of anilines is 1. The first kappa shape index (κ1) is 16.2. The number of benzene rings is 1. The average Bonchev–Trinajstić information content (AvgIpc) is 3.12. The molecule has 0 bridgehead atoms. The van der Waals surface area contributed by atoms with E-state index in [-0.39, 0.29) is 17.3 Å². The van der Waals surface area contributed by atoms with Crippen LogP contribution in [-0.2, 0) is 24.1 Å². The molecule has 4 rings (SSSR count). The summed E-state index contributed by atoms with van der Waals surface area (Å²) in [5, 5.41) is 13.2. The number of nitrogens with one attached hydrogen (secondary N) is 1. The third-order valence-electron chi connectivity index (χ3n) is 5.25. The normalized spacial score (nSPS) is 18.7. The average molecular weight is 340 g/mol. The number of phenols is 1. The highest BCUT2D eigenvalue weighted by molar-refractivity contribution is 5.72. The van der Waals surface area contributed by atoms with Gasteiger partial charge in [0.1, 0.15) is 11.6 Å². The largest absolute Gasteiger partial charge is 0.508 e. The van der Waals surface area contributed by atoms with E-state index in [9.17, 15) is 9.90 Å². The molecule has 0 amide bonds. The highest BCUT2D eigenvalue weighted by atomic mass is 16.5. The second kappa shape index (κ2) is 6.56. The number of pyridine rings is 1. The molecule has 1 aromatic carbocycles. The molecule has 2 aromatic rings. The fourth-order valence-electron chi connectivity index (χ4n) is 3.99. The molecular weight excluding hydrogens is 316 g/mol. The van der Waals surface area contributed by atoms with Gasteiger partial charge in [0.2, 0.25) is 0 Å². The standard InChI is InChI=1S/C20H24N2O3/c1-2-16-18(24)11-19(21-12-15-4-3-9-25-15)22-8-7-13-10-14(23)5-6-17(13)20(16)22/h5-6,10-11,15,21,23H,2-4,7-9,12H2,1H3. The lowest BCUT2D eigenvalue weighted by atomic mass is 9.93. The Morgan fingerprint density at radius 3 is 3.00 bits per heavy atom. The number of rotatable bonds is 4. The van der Waals surface area contributed by atoms with Crippen LogP contribution >= 0.6 is 0 Å². The summed E-state index contributed by atoms with van der Waals surface area (Å²) in [6.45, 7) is 4.38. The number of aryl methyl sites for hydroxylation is 1. The van der Waals surface area contributed by atoms with Crippen molar-refractivity contribution in [1.82, 2.24) is 4.57 Å². The first-order valence-corrected chi connectivity index (χ1v) is 9.12. The third-order valence-corrected chi connectivity index (χ3v) is 5.25. The summed E-state index contributed by atoms with van der Waals surface area (Å²) in [7, 11) is 0. The summed E-state index contributed by atoms with van der Waals surface area (Å²) in [6.07, 6.45) is 3.94. The number of nitrogens with zero attached hydrogens (tertiary/aromatic N) is 1. The van der Waals surface area contributed by atoms with Crippen molar-refractivity contribution >= 4 is 5.82 Å². The summed E-state index contributed by atoms with van der Waals surface area (Å²) in [6, 6.07) is 7.17. The first-order valence-electron chi connectivity index (χ1n) is 9.12. The number of aromatic hydroxyl groups is 1. The Bertz CT molecular complexity index is 851. The first-order chi connectivity index (χ1) is 12.2. The van der Waals surface area contributed by atoms with Crippen LogP contribution in [0.5, 0.6) is 5.75 Å². The zero-order valence-corrected chi connectivity index (χ0v) is 14.5. The zero-order chi connectivity index (χ0) is 17.4. The molecule has 0 saturated carbocycles. The van der Waals surface area contributed by atoms with E-state index in [0.717, 1.165) is 67.2 Å². The number of hydrogen-bond acceptors (Lipinski definition) is 4. The van der Waals surface area contributed by atoms with Gasteiger partial charge in [0.05, 0.1) is 11.8 Å². The van der Waals surface area contributed by atoms with Crippen molar-refractivity contribution in [3.63, 3.8) is 0 Å². The molecule has 0 aliphatic carbocycles. The predicted molar refractivity (Wildman–Crippen MR) is 98.3 cm³/mol. The molecule has 1 aromatic heterocycles. The Kier molecular flexibility index (Phi) is 4.25. The van der Waals surface area contributed by atoms with Gasteiger partial charge in [-0.05, 0) is 49.4 Å². The van der Waals surface area contributed by atoms with Gasteiger partial charge in [-0.3, -0.25) is 4.79 Å². The van der Waals surface area contributed by atoms with E-state index in [1.54, 1.807) is 12.1 Å². The van der Waals surface area contributed by atoms with Gasteiger partial charge in [0.15, 0.2) is 5.43 Å². The maximum Gasteiger partial charge on any atom is 0.187 e. The minimum absolute atomic E-state index is 0.0736. The summed E-state index contributed by atoms with van der Waals surface area (Å²) >= 11 is 0. The van der Waals surface area contributed by atoms with Crippen LogP contribution in [-0.4, -0.2) is 28.9 Å². The van der Waals surface area contributed by atoms with Gasteiger partial charge in [-0.2, -0.15) is 0 Å². The Morgan fingerprint density at radius 2 is 2.24 bits per heavy atom. The molecule has 1 unspecified atom stereocenters. The molecule has 1 atom stereocenters. The van der Waals surface area contributed by atoms with Gasteiger partial charge >= 0.3 is 0 Å². The van der Waals surface area contributed by atoms with Crippen molar-refractivity contribution in [3.8, 4) is 17.0 Å². The maximum absolute atomic E-state index is 12.7. The van der Waals surface area contributed by atoms with Crippen LogP contribution in [0.2, 0.25) is 0 Å². The van der Waals surface area contributed by atoms with Gasteiger partial charge in [0, 0.05) is 36.9 Å². The summed E-state index contributed by atoms with van der Waals surface area (Å²) < 4.78 is 7.90. The molecule has 0 spiro atoms. The van der Waals surface area contributed by atoms with Gasteiger partial charge in [0.25, 0.3) is 0 Å². The van der Waals surface area contributed by atoms with E-state index >= 15 is 0 Å². The summed E-state index contributed by atoms with van der Waals surface area (Å²) in [5.74, 6) is 1.15. The van der Waals surface area contributed by atoms with Crippen molar-refractivity contribution in [1.29, 1.82) is 0 Å². The number of phenolic OH excluding ortho intramolecular Hbond substituents is 1. The Hall–Kier alpha value is -2.27. The van der Waals surface area contributed by atoms with Gasteiger partial charge < -0.3 is 19.7 Å². The van der Waals surface area contributed by atoms with Gasteiger partial charge in [-0.25, -0.2) is 0 Å². The Balaban J connectivity index is 1.78. The van der Waals surface area contributed by atoms with Crippen LogP contribution in [0, 0.1) is 0 Å². The van der Waals surface area contributed by atoms with Crippen molar-refractivity contribution < 1.29 is 9.84 Å². The molecule has 0 radical (unpaired) electrons. The Labute approximate surface area is 147 Å². The molecule has 5 heteroatoms. The minimum Gasteiger partial charge on any atom is -0.508 e. The highest BCUT2D eigenvalue weighted by Gasteiger charge is 2.23. The fraction of sp³-hybridized carbons (Fsp3) is 0.450. The van der Waals surface area contributed by atoms with E-state index in [0.29, 0.717) is 6.42 Å². The third kappa shape index (κ3) is 2.93. The van der Waals surface area contributed by atoms with E-state index in [4.69, 9.17) is 4.74 Å². The van der Waals surface area contributed by atoms with Crippen molar-refractivity contribution in [2.75, 3.05) is 18.5 Å². The molecule has 5 nitrogen and oxygen atoms in total. The van der Waals surface area contributed by atoms with Crippen molar-refractivity contribution in [2.24, 2.45) is 0 Å². The number of ether oxygens (including phenoxy) is 1. The lowest BCUT2D eigenvalue weighted by Gasteiger charge is -2.28. The van der Waals surface area contributed by atoms with E-state index in [1.165, 1.54) is 0 Å². The van der Waals surface area contributed by atoms with Crippen LogP contribution in [0.1, 0.15) is 30.9 Å². The van der Waals surface area contributed by atoms with E-state index in [2.05, 4.69) is 9.88 Å². The fourth-order valence-corrected chi connectivity index (χ4v) is 3.99. The van der Waals surface area contributed by atoms with Crippen molar-refractivity contribution in [2.45, 2.75) is 45.3 Å². The highest BCUT2D eigenvalue weighted by Crippen LogP contribution is 2.35. The number of aromatic nitrogens is 1. The lowest BCUT2D eigenvalue weighted by Crippen LogP contribution is -2.27. The molecule has 25 heavy (non-hydrogen) atoms. The van der Waals surface area contributed by atoms with Crippen LogP contribution in [0.25, 0.3) is 11.3 Å². The van der Waals surface area contributed by atoms with E-state index in [1.807, 2.05) is 19.1 Å². The lowest BCUT2D eigenvalue weighted by molar-refractivity contribution is 0.120. The topological polar surface area (TPSA) is 63.5 Å². The zero-order valence-electron chi connectivity index (χ0n) is 14.5. The smallest absolute Gasteiger partial charge is 0.187 e. The van der Waals surface area contributed by atoms with E-state index < -0.39 is 0 Å². The number of fused-ring (bicyclic) bond motifs is 3. The van der Waals surface area contributed by atoms with Crippen LogP contribution in [0.3, 0.4) is 0 Å². The molecule has 2 aliphatic rings. The second-order valence-corrected chi connectivity index (χ2v) is 6.83. The monoisotopic (exact) mass is 340 g/mol. The molecule has 2 aliphatic heterocycles. The SMILES string of the molecule is CCc1c2n(c(NCC3CCCO3)cc1=O)CCc1cc(O)ccc1-2. The molecule has 132 valence electrons. The molecule has 2 N–H and O–H groups in total. The summed E-state index contributed by atoms with van der Waals surface area (Å²) in [4.78, 5) is 12.7. The maximum atomic E-state index is 12.7. The van der Waals surface area contributed by atoms with Gasteiger partial charge in [-0.1, -0.05) is 6.92 Å². The molecule has 3 heterocycles. The minimum atomic E-state index is 0.0736. The number of hydrogen-bond donors (Lipinski definition) is 2. The van der Waals surface area contributed by atoms with Crippen LogP contribution < -0.4 is 10.7 Å². The van der Waals surface area contributed by atoms with Gasteiger partial charge in [-0.15, -0.1) is 0 Å². The second-order valence-electron chi connectivity index (χ2n) is 6.83. The van der Waals surface area contributed by atoms with Crippen LogP contribution in [0.4, 0.5) is 5.82 Å². The predicted octanol–water partition coefficient (Wildman–Crippen LogP) is 2.93. The Morgan fingerprint density at radius 1 is 1.36 bits per heavy atom.